The molecule has 1 aliphatic heterocycles. The maximum Gasteiger partial charge on any atom is 0.281 e. The number of nitrogens with zero attached hydrogens (tertiary/aromatic N) is 2. The van der Waals surface area contributed by atoms with Gasteiger partial charge in [-0.25, -0.2) is 0 Å². The Morgan fingerprint density at radius 3 is 2.70 bits per heavy atom. The average molecular weight is 318 g/mol. The molecule has 7 heteroatoms. The molecule has 0 amide bonds. The summed E-state index contributed by atoms with van der Waals surface area (Å²) in [5, 5.41) is 13.6. The lowest BCUT2D eigenvalue weighted by Gasteiger charge is -2.26. The van der Waals surface area contributed by atoms with Crippen molar-refractivity contribution in [3.63, 3.8) is 0 Å². The number of thiophene rings is 1. The van der Waals surface area contributed by atoms with Crippen LogP contribution in [0, 0.1) is 5.92 Å². The quantitative estimate of drug-likeness (QED) is 0.891. The van der Waals surface area contributed by atoms with E-state index in [1.165, 1.54) is 8.61 Å². The third kappa shape index (κ3) is 2.92. The van der Waals surface area contributed by atoms with Gasteiger partial charge in [0.15, 0.2) is 0 Å². The van der Waals surface area contributed by atoms with Crippen molar-refractivity contribution in [2.24, 2.45) is 5.92 Å². The number of aliphatic hydroxyl groups is 1. The van der Waals surface area contributed by atoms with Gasteiger partial charge in [0.25, 0.3) is 10.2 Å². The zero-order valence-corrected chi connectivity index (χ0v) is 13.7. The number of hydrogen-bond acceptors (Lipinski definition) is 4. The van der Waals surface area contributed by atoms with Crippen molar-refractivity contribution < 1.29 is 13.5 Å². The number of aliphatic hydroxyl groups excluding tert-OH is 1. The summed E-state index contributed by atoms with van der Waals surface area (Å²) >= 11 is 1.60. The summed E-state index contributed by atoms with van der Waals surface area (Å²) in [4.78, 5) is 0. The maximum atomic E-state index is 12.5. The summed E-state index contributed by atoms with van der Waals surface area (Å²) < 4.78 is 27.9. The molecule has 114 valence electrons. The second kappa shape index (κ2) is 6.11. The molecule has 1 aromatic heterocycles. The van der Waals surface area contributed by atoms with E-state index >= 15 is 0 Å². The minimum absolute atomic E-state index is 0.0118. The summed E-state index contributed by atoms with van der Waals surface area (Å²) in [7, 11) is -1.84. The van der Waals surface area contributed by atoms with Gasteiger partial charge in [0.05, 0.1) is 0 Å². The smallest absolute Gasteiger partial charge is 0.281 e. The van der Waals surface area contributed by atoms with Crippen molar-refractivity contribution in [2.75, 3.05) is 26.7 Å². The fraction of sp³-hybridized carbons (Fsp3) is 0.692. The van der Waals surface area contributed by atoms with Crippen LogP contribution in [-0.4, -0.2) is 54.9 Å². The van der Waals surface area contributed by atoms with E-state index in [1.807, 2.05) is 30.7 Å². The first-order valence-corrected chi connectivity index (χ1v) is 9.08. The van der Waals surface area contributed by atoms with Crippen LogP contribution in [0.4, 0.5) is 0 Å². The number of hydrogen-bond donors (Lipinski definition) is 1. The molecule has 5 nitrogen and oxygen atoms in total. The molecule has 1 N–H and O–H groups in total. The summed E-state index contributed by atoms with van der Waals surface area (Å²) in [6.07, 6.45) is 0. The van der Waals surface area contributed by atoms with Gasteiger partial charge in [-0.1, -0.05) is 0 Å². The minimum atomic E-state index is -3.45. The van der Waals surface area contributed by atoms with Gasteiger partial charge in [-0.15, -0.1) is 0 Å². The van der Waals surface area contributed by atoms with Gasteiger partial charge in [0.1, 0.15) is 0 Å². The largest absolute Gasteiger partial charge is 0.396 e. The van der Waals surface area contributed by atoms with E-state index < -0.39 is 10.2 Å². The highest BCUT2D eigenvalue weighted by molar-refractivity contribution is 7.86. The Hall–Kier alpha value is -0.470. The zero-order valence-electron chi connectivity index (χ0n) is 12.1. The lowest BCUT2D eigenvalue weighted by molar-refractivity contribution is 0.222. The molecule has 1 aliphatic rings. The average Bonchev–Trinajstić information content (AvgIpc) is 3.05. The van der Waals surface area contributed by atoms with Gasteiger partial charge < -0.3 is 5.11 Å². The molecule has 1 saturated heterocycles. The van der Waals surface area contributed by atoms with Crippen LogP contribution in [0.15, 0.2) is 16.8 Å². The van der Waals surface area contributed by atoms with Gasteiger partial charge in [0.2, 0.25) is 0 Å². The molecule has 2 rings (SSSR count). The molecule has 2 heterocycles. The third-order valence-electron chi connectivity index (χ3n) is 4.03. The van der Waals surface area contributed by atoms with E-state index in [1.54, 1.807) is 18.4 Å². The first kappa shape index (κ1) is 15.9. The highest BCUT2D eigenvalue weighted by Crippen LogP contribution is 2.35. The highest BCUT2D eigenvalue weighted by atomic mass is 32.2. The molecule has 0 aromatic carbocycles. The Labute approximate surface area is 125 Å². The predicted molar refractivity (Wildman–Crippen MR) is 81.0 cm³/mol. The summed E-state index contributed by atoms with van der Waals surface area (Å²) in [5.41, 5.74) is 1.12. The molecular formula is C13H22N2O3S2. The van der Waals surface area contributed by atoms with Gasteiger partial charge in [-0.05, 0) is 36.2 Å². The Balaban J connectivity index is 2.21. The van der Waals surface area contributed by atoms with Gasteiger partial charge in [-0.3, -0.25) is 0 Å². The van der Waals surface area contributed by atoms with E-state index in [9.17, 15) is 13.5 Å². The molecule has 1 fully saturated rings. The highest BCUT2D eigenvalue weighted by Gasteiger charge is 2.41. The molecule has 0 bridgehead atoms. The lowest BCUT2D eigenvalue weighted by Crippen LogP contribution is -2.44. The third-order valence-corrected chi connectivity index (χ3v) is 6.83. The fourth-order valence-electron chi connectivity index (χ4n) is 2.52. The van der Waals surface area contributed by atoms with E-state index in [2.05, 4.69) is 0 Å². The van der Waals surface area contributed by atoms with E-state index in [0.29, 0.717) is 13.1 Å². The molecular weight excluding hydrogens is 296 g/mol. The van der Waals surface area contributed by atoms with Crippen LogP contribution in [0.5, 0.6) is 0 Å². The summed E-state index contributed by atoms with van der Waals surface area (Å²) in [5.74, 6) is 0.0570. The van der Waals surface area contributed by atoms with Crippen molar-refractivity contribution in [2.45, 2.75) is 25.8 Å². The van der Waals surface area contributed by atoms with E-state index in [0.717, 1.165) is 5.56 Å². The Morgan fingerprint density at radius 1 is 1.50 bits per heavy atom. The van der Waals surface area contributed by atoms with Crippen LogP contribution in [0.1, 0.15) is 25.3 Å². The molecule has 1 aromatic rings. The van der Waals surface area contributed by atoms with Gasteiger partial charge in [0, 0.05) is 44.6 Å². The first-order valence-electron chi connectivity index (χ1n) is 6.74. The van der Waals surface area contributed by atoms with Crippen LogP contribution < -0.4 is 0 Å². The Bertz CT molecular complexity index is 528. The molecule has 0 radical (unpaired) electrons. The Kier molecular flexibility index (Phi) is 4.86. The lowest BCUT2D eigenvalue weighted by atomic mass is 9.92. The van der Waals surface area contributed by atoms with Crippen molar-refractivity contribution in [1.29, 1.82) is 0 Å². The molecule has 2 atom stereocenters. The van der Waals surface area contributed by atoms with Crippen molar-refractivity contribution in [3.8, 4) is 0 Å². The first-order chi connectivity index (χ1) is 9.37. The summed E-state index contributed by atoms with van der Waals surface area (Å²) in [6, 6.07) is 1.94. The molecule has 0 unspecified atom stereocenters. The van der Waals surface area contributed by atoms with Gasteiger partial charge in [-0.2, -0.15) is 28.4 Å². The topological polar surface area (TPSA) is 60.9 Å². The molecule has 0 aliphatic carbocycles. The van der Waals surface area contributed by atoms with Crippen molar-refractivity contribution >= 4 is 21.5 Å². The van der Waals surface area contributed by atoms with Crippen molar-refractivity contribution in [3.05, 3.63) is 22.4 Å². The van der Waals surface area contributed by atoms with E-state index in [4.69, 9.17) is 0 Å². The van der Waals surface area contributed by atoms with E-state index in [-0.39, 0.29) is 24.5 Å². The zero-order chi connectivity index (χ0) is 14.9. The minimum Gasteiger partial charge on any atom is -0.396 e. The second-order valence-corrected chi connectivity index (χ2v) is 8.31. The SMILES string of the molecule is CC(C)N(C)S(=O)(=O)N1C[C@@H](CO)[C@H](c2ccsc2)C1. The van der Waals surface area contributed by atoms with Crippen LogP contribution in [-0.2, 0) is 10.2 Å². The van der Waals surface area contributed by atoms with Gasteiger partial charge >= 0.3 is 0 Å². The fourth-order valence-corrected chi connectivity index (χ4v) is 4.87. The van der Waals surface area contributed by atoms with Crippen LogP contribution in [0.3, 0.4) is 0 Å². The molecule has 0 saturated carbocycles. The van der Waals surface area contributed by atoms with Crippen LogP contribution >= 0.6 is 11.3 Å². The molecule has 0 spiro atoms. The van der Waals surface area contributed by atoms with Crippen LogP contribution in [0.25, 0.3) is 0 Å². The van der Waals surface area contributed by atoms with Crippen LogP contribution in [0.2, 0.25) is 0 Å². The monoisotopic (exact) mass is 318 g/mol. The standard InChI is InChI=1S/C13H22N2O3S2/c1-10(2)14(3)20(17,18)15-6-12(8-16)13(7-15)11-4-5-19-9-11/h4-5,9-10,12-13,16H,6-8H2,1-3H3/t12-,13-/m0/s1. The second-order valence-electron chi connectivity index (χ2n) is 5.54. The van der Waals surface area contributed by atoms with Crippen molar-refractivity contribution in [1.82, 2.24) is 8.61 Å². The number of rotatable bonds is 5. The maximum absolute atomic E-state index is 12.5. The predicted octanol–water partition coefficient (Wildman–Crippen LogP) is 1.34. The summed E-state index contributed by atoms with van der Waals surface area (Å²) in [6.45, 7) is 4.55. The molecule has 20 heavy (non-hydrogen) atoms. The Morgan fingerprint density at radius 2 is 2.20 bits per heavy atom. The normalized spacial score (nSPS) is 24.9.